The van der Waals surface area contributed by atoms with E-state index in [1.165, 1.54) is 16.8 Å². The maximum absolute atomic E-state index is 10.1. The summed E-state index contributed by atoms with van der Waals surface area (Å²) in [5.41, 5.74) is 4.16. The Morgan fingerprint density at radius 1 is 1.00 bits per heavy atom. The second-order valence-corrected chi connectivity index (χ2v) is 6.06. The molecule has 0 spiro atoms. The number of phenolic OH excluding ortho intramolecular Hbond substituents is 1. The van der Waals surface area contributed by atoms with Crippen LogP contribution in [0.5, 0.6) is 5.75 Å². The fourth-order valence-electron chi connectivity index (χ4n) is 2.79. The fraction of sp³-hybridized carbons (Fsp3) is 0.0870. The summed E-state index contributed by atoms with van der Waals surface area (Å²) in [6.45, 7) is 3.95. The number of aldehydes is 1. The number of phenols is 1. The molecule has 0 atom stereocenters. The van der Waals surface area contributed by atoms with Gasteiger partial charge in [-0.2, -0.15) is 0 Å². The molecule has 0 unspecified atom stereocenters. The van der Waals surface area contributed by atoms with Crippen LogP contribution < -0.4 is 0 Å². The van der Waals surface area contributed by atoms with Gasteiger partial charge < -0.3 is 10.1 Å². The summed E-state index contributed by atoms with van der Waals surface area (Å²) < 4.78 is 0. The normalized spacial score (nSPS) is 9.79. The third-order valence-corrected chi connectivity index (χ3v) is 4.09. The van der Waals surface area contributed by atoms with Gasteiger partial charge in [-0.15, -0.1) is 29.1 Å². The number of hydrogen-bond acceptors (Lipinski definition) is 4. The predicted molar refractivity (Wildman–Crippen MR) is 107 cm³/mol. The van der Waals surface area contributed by atoms with E-state index >= 15 is 0 Å². The van der Waals surface area contributed by atoms with Gasteiger partial charge in [0, 0.05) is 37.7 Å². The number of nitrogens with zero attached hydrogens (tertiary/aromatic N) is 2. The molecule has 3 aromatic carbocycles. The van der Waals surface area contributed by atoms with Gasteiger partial charge >= 0.3 is 0 Å². The van der Waals surface area contributed by atoms with Crippen LogP contribution in [0.2, 0.25) is 0 Å². The van der Waals surface area contributed by atoms with E-state index in [0.29, 0.717) is 11.8 Å². The van der Waals surface area contributed by atoms with Crippen LogP contribution in [-0.4, -0.2) is 21.4 Å². The molecule has 1 aromatic heterocycles. The van der Waals surface area contributed by atoms with E-state index in [1.54, 1.807) is 24.4 Å². The Labute approximate surface area is 177 Å². The Morgan fingerprint density at radius 3 is 2.39 bits per heavy atom. The first kappa shape index (κ1) is 21.4. The first-order valence-corrected chi connectivity index (χ1v) is 8.53. The zero-order valence-electron chi connectivity index (χ0n) is 15.5. The molecule has 0 aliphatic carbocycles. The van der Waals surface area contributed by atoms with Crippen molar-refractivity contribution in [1.29, 1.82) is 0 Å². The molecule has 0 bridgehead atoms. The van der Waals surface area contributed by atoms with Crippen molar-refractivity contribution in [3.05, 3.63) is 89.9 Å². The maximum atomic E-state index is 10.1. The number of rotatable bonds is 2. The summed E-state index contributed by atoms with van der Waals surface area (Å²) in [6, 6.07) is 22.0. The minimum absolute atomic E-state index is 0. The van der Waals surface area contributed by atoms with E-state index in [-0.39, 0.29) is 25.9 Å². The molecule has 143 valence electrons. The minimum Gasteiger partial charge on any atom is -0.507 e. The van der Waals surface area contributed by atoms with Gasteiger partial charge in [-0.05, 0) is 26.0 Å². The fourth-order valence-corrected chi connectivity index (χ4v) is 2.79. The predicted octanol–water partition coefficient (Wildman–Crippen LogP) is 4.92. The van der Waals surface area contributed by atoms with Crippen LogP contribution in [0.15, 0.2) is 66.9 Å². The smallest absolute Gasteiger partial charge is 0.153 e. The van der Waals surface area contributed by atoms with Gasteiger partial charge in [-0.25, -0.2) is 0 Å². The number of aryl methyl sites for hydroxylation is 2. The number of aromatic hydroxyl groups is 1. The van der Waals surface area contributed by atoms with Crippen LogP contribution in [0.25, 0.3) is 22.0 Å². The van der Waals surface area contributed by atoms with Gasteiger partial charge in [0.1, 0.15) is 5.75 Å². The number of para-hydroxylation sites is 1. The van der Waals surface area contributed by atoms with Crippen LogP contribution in [0.3, 0.4) is 0 Å². The molecule has 28 heavy (non-hydrogen) atoms. The zero-order valence-corrected chi connectivity index (χ0v) is 17.9. The van der Waals surface area contributed by atoms with Gasteiger partial charge in [-0.1, -0.05) is 41.8 Å². The van der Waals surface area contributed by atoms with Crippen LogP contribution in [-0.2, 0) is 20.1 Å². The minimum atomic E-state index is 0. The number of hydrogen-bond donors (Lipinski definition) is 1. The average Bonchev–Trinajstić information content (AvgIpc) is 2.69. The second-order valence-electron chi connectivity index (χ2n) is 6.06. The molecular formula is C23H19IrN2O2-. The summed E-state index contributed by atoms with van der Waals surface area (Å²) in [4.78, 5) is 19.0. The van der Waals surface area contributed by atoms with E-state index in [9.17, 15) is 4.79 Å². The molecule has 0 saturated carbocycles. The summed E-state index contributed by atoms with van der Waals surface area (Å²) in [5, 5.41) is 11.2. The molecule has 0 saturated heterocycles. The van der Waals surface area contributed by atoms with Crippen molar-refractivity contribution in [1.82, 2.24) is 9.97 Å². The van der Waals surface area contributed by atoms with E-state index < -0.39 is 0 Å². The zero-order chi connectivity index (χ0) is 19.2. The van der Waals surface area contributed by atoms with Gasteiger partial charge in [0.25, 0.3) is 0 Å². The molecule has 4 aromatic rings. The Morgan fingerprint density at radius 2 is 1.71 bits per heavy atom. The standard InChI is InChI=1S/C16H13N2.C7H6O2.Ir/c1-11-10-17-16(12(2)18-11)15-9-5-7-13-6-3-4-8-14(13)15;8-5-6-3-1-2-4-7(6)9;/h3-8,10H,1-2H3;1-5,9H;/q-1;;. The number of carbonyl (C=O) groups is 1. The van der Waals surface area contributed by atoms with E-state index in [1.807, 2.05) is 32.0 Å². The first-order valence-electron chi connectivity index (χ1n) is 8.53. The SMILES string of the molecule is Cc1cnc(-c2[c-]ccc3ccccc23)c(C)n1.O=Cc1ccccc1O.[Ir]. The van der Waals surface area contributed by atoms with Crippen molar-refractivity contribution < 1.29 is 30.0 Å². The summed E-state index contributed by atoms with van der Waals surface area (Å²) in [5.74, 6) is 0.0347. The third-order valence-electron chi connectivity index (χ3n) is 4.09. The average molecular weight is 548 g/mol. The van der Waals surface area contributed by atoms with Gasteiger partial charge in [-0.3, -0.25) is 9.78 Å². The Kier molecular flexibility index (Phi) is 7.56. The largest absolute Gasteiger partial charge is 0.507 e. The summed E-state index contributed by atoms with van der Waals surface area (Å²) in [6.07, 6.45) is 2.42. The summed E-state index contributed by atoms with van der Waals surface area (Å²) >= 11 is 0. The topological polar surface area (TPSA) is 63.1 Å². The maximum Gasteiger partial charge on any atom is 0.153 e. The van der Waals surface area contributed by atoms with Crippen molar-refractivity contribution in [2.24, 2.45) is 0 Å². The van der Waals surface area contributed by atoms with Crippen molar-refractivity contribution in [2.75, 3.05) is 0 Å². The van der Waals surface area contributed by atoms with Crippen LogP contribution in [0, 0.1) is 19.9 Å². The van der Waals surface area contributed by atoms with E-state index in [0.717, 1.165) is 22.6 Å². The van der Waals surface area contributed by atoms with Crippen LogP contribution in [0.1, 0.15) is 21.7 Å². The van der Waals surface area contributed by atoms with Crippen LogP contribution >= 0.6 is 0 Å². The molecule has 1 N–H and O–H groups in total. The molecule has 4 rings (SSSR count). The molecule has 0 fully saturated rings. The molecule has 0 amide bonds. The van der Waals surface area contributed by atoms with Gasteiger partial charge in [0.05, 0.1) is 11.3 Å². The Balaban J connectivity index is 0.000000239. The van der Waals surface area contributed by atoms with Crippen molar-refractivity contribution in [3.63, 3.8) is 0 Å². The quantitative estimate of drug-likeness (QED) is 0.286. The summed E-state index contributed by atoms with van der Waals surface area (Å²) in [7, 11) is 0. The number of benzene rings is 3. The van der Waals surface area contributed by atoms with Gasteiger partial charge in [0.2, 0.25) is 0 Å². The second kappa shape index (κ2) is 9.88. The van der Waals surface area contributed by atoms with E-state index in [4.69, 9.17) is 5.11 Å². The van der Waals surface area contributed by atoms with Crippen LogP contribution in [0.4, 0.5) is 0 Å². The van der Waals surface area contributed by atoms with Crippen molar-refractivity contribution in [2.45, 2.75) is 13.8 Å². The number of carbonyl (C=O) groups excluding carboxylic acids is 1. The molecule has 5 heteroatoms. The first-order chi connectivity index (χ1) is 13.1. The monoisotopic (exact) mass is 548 g/mol. The molecular weight excluding hydrogens is 528 g/mol. The molecule has 1 radical (unpaired) electrons. The third kappa shape index (κ3) is 4.89. The number of fused-ring (bicyclic) bond motifs is 1. The van der Waals surface area contributed by atoms with Crippen molar-refractivity contribution in [3.8, 4) is 17.0 Å². The number of aromatic nitrogens is 2. The van der Waals surface area contributed by atoms with Crippen molar-refractivity contribution >= 4 is 17.1 Å². The van der Waals surface area contributed by atoms with Gasteiger partial charge in [0.15, 0.2) is 6.29 Å². The molecule has 0 aliphatic rings. The van der Waals surface area contributed by atoms with E-state index in [2.05, 4.69) is 34.2 Å². The Hall–Kier alpha value is -2.88. The molecule has 1 heterocycles. The Bertz CT molecular complexity index is 1090. The molecule has 0 aliphatic heterocycles. The molecule has 4 nitrogen and oxygen atoms in total.